The van der Waals surface area contributed by atoms with Crippen LogP contribution in [0.4, 0.5) is 0 Å². The maximum atomic E-state index is 12.7. The van der Waals surface area contributed by atoms with Crippen molar-refractivity contribution in [2.24, 2.45) is 0 Å². The molecular weight excluding hydrogens is 278 g/mol. The SMILES string of the molecule is O=S(=O)(c1ccccc1-c1ccno1)N1CCNCC1. The second-order valence-corrected chi connectivity index (χ2v) is 6.43. The molecule has 106 valence electrons. The molecule has 2 aromatic rings. The molecule has 1 saturated heterocycles. The zero-order chi connectivity index (χ0) is 14.0. The summed E-state index contributed by atoms with van der Waals surface area (Å²) in [6.07, 6.45) is 1.50. The number of aromatic nitrogens is 1. The maximum absolute atomic E-state index is 12.7. The third-order valence-corrected chi connectivity index (χ3v) is 5.24. The molecule has 1 aromatic carbocycles. The van der Waals surface area contributed by atoms with Crippen molar-refractivity contribution in [1.82, 2.24) is 14.8 Å². The molecule has 0 unspecified atom stereocenters. The third-order valence-electron chi connectivity index (χ3n) is 3.28. The molecule has 20 heavy (non-hydrogen) atoms. The minimum absolute atomic E-state index is 0.263. The number of rotatable bonds is 3. The Morgan fingerprint density at radius 2 is 1.90 bits per heavy atom. The highest BCUT2D eigenvalue weighted by Gasteiger charge is 2.28. The maximum Gasteiger partial charge on any atom is 0.243 e. The van der Waals surface area contributed by atoms with Crippen LogP contribution < -0.4 is 5.32 Å². The summed E-state index contributed by atoms with van der Waals surface area (Å²) in [5.41, 5.74) is 0.545. The molecule has 0 amide bonds. The molecule has 0 bridgehead atoms. The first-order chi connectivity index (χ1) is 9.69. The lowest BCUT2D eigenvalue weighted by Gasteiger charge is -2.27. The van der Waals surface area contributed by atoms with E-state index in [4.69, 9.17) is 4.52 Å². The van der Waals surface area contributed by atoms with Gasteiger partial charge >= 0.3 is 0 Å². The smallest absolute Gasteiger partial charge is 0.243 e. The molecule has 1 fully saturated rings. The van der Waals surface area contributed by atoms with E-state index in [-0.39, 0.29) is 4.90 Å². The highest BCUT2D eigenvalue weighted by atomic mass is 32.2. The van der Waals surface area contributed by atoms with Gasteiger partial charge in [-0.2, -0.15) is 4.31 Å². The molecule has 0 spiro atoms. The Morgan fingerprint density at radius 1 is 1.15 bits per heavy atom. The lowest BCUT2D eigenvalue weighted by Crippen LogP contribution is -2.46. The van der Waals surface area contributed by atoms with Crippen LogP contribution in [-0.4, -0.2) is 44.1 Å². The zero-order valence-corrected chi connectivity index (χ0v) is 11.6. The van der Waals surface area contributed by atoms with E-state index in [0.29, 0.717) is 37.5 Å². The highest BCUT2D eigenvalue weighted by Crippen LogP contribution is 2.29. The van der Waals surface area contributed by atoms with Crippen LogP contribution >= 0.6 is 0 Å². The average Bonchev–Trinajstić information content (AvgIpc) is 3.02. The number of nitrogens with one attached hydrogen (secondary N) is 1. The number of hydrogen-bond acceptors (Lipinski definition) is 5. The summed E-state index contributed by atoms with van der Waals surface area (Å²) >= 11 is 0. The van der Waals surface area contributed by atoms with Crippen LogP contribution in [0.2, 0.25) is 0 Å². The summed E-state index contributed by atoms with van der Waals surface area (Å²) in [6.45, 7) is 2.30. The fourth-order valence-corrected chi connectivity index (χ4v) is 3.91. The molecule has 1 aliphatic rings. The van der Waals surface area contributed by atoms with Crippen molar-refractivity contribution in [1.29, 1.82) is 0 Å². The van der Waals surface area contributed by atoms with Crippen LogP contribution in [0, 0.1) is 0 Å². The summed E-state index contributed by atoms with van der Waals surface area (Å²) < 4.78 is 32.1. The quantitative estimate of drug-likeness (QED) is 0.911. The molecular formula is C13H15N3O3S. The summed E-state index contributed by atoms with van der Waals surface area (Å²) in [5, 5.41) is 6.79. The van der Waals surface area contributed by atoms with Crippen molar-refractivity contribution < 1.29 is 12.9 Å². The van der Waals surface area contributed by atoms with E-state index in [9.17, 15) is 8.42 Å². The lowest BCUT2D eigenvalue weighted by molar-refractivity contribution is 0.360. The van der Waals surface area contributed by atoms with Gasteiger partial charge in [0, 0.05) is 37.8 Å². The molecule has 3 rings (SSSR count). The fourth-order valence-electron chi connectivity index (χ4n) is 2.27. The molecule has 0 saturated carbocycles. The van der Waals surface area contributed by atoms with Crippen LogP contribution in [0.5, 0.6) is 0 Å². The summed E-state index contributed by atoms with van der Waals surface area (Å²) in [4.78, 5) is 0.263. The standard InChI is InChI=1S/C13H15N3O3S/c17-20(18,16-9-7-14-8-10-16)13-4-2-1-3-11(13)12-5-6-15-19-12/h1-6,14H,7-10H2. The van der Waals surface area contributed by atoms with Crippen LogP contribution in [0.1, 0.15) is 0 Å². The predicted molar refractivity (Wildman–Crippen MR) is 73.6 cm³/mol. The van der Waals surface area contributed by atoms with Crippen molar-refractivity contribution >= 4 is 10.0 Å². The monoisotopic (exact) mass is 293 g/mol. The van der Waals surface area contributed by atoms with Gasteiger partial charge < -0.3 is 9.84 Å². The number of sulfonamides is 1. The number of piperazine rings is 1. The van der Waals surface area contributed by atoms with Gasteiger partial charge in [-0.15, -0.1) is 0 Å². The van der Waals surface area contributed by atoms with Crippen LogP contribution in [0.3, 0.4) is 0 Å². The lowest BCUT2D eigenvalue weighted by atomic mass is 10.2. The Balaban J connectivity index is 2.05. The van der Waals surface area contributed by atoms with Gasteiger partial charge in [-0.3, -0.25) is 0 Å². The molecule has 6 nitrogen and oxygen atoms in total. The fraction of sp³-hybridized carbons (Fsp3) is 0.308. The molecule has 2 heterocycles. The van der Waals surface area contributed by atoms with Crippen molar-refractivity contribution in [3.8, 4) is 11.3 Å². The van der Waals surface area contributed by atoms with E-state index in [1.165, 1.54) is 10.5 Å². The molecule has 0 aliphatic carbocycles. The first-order valence-electron chi connectivity index (χ1n) is 6.40. The van der Waals surface area contributed by atoms with Crippen LogP contribution in [0.15, 0.2) is 45.9 Å². The van der Waals surface area contributed by atoms with E-state index in [1.54, 1.807) is 30.3 Å². The minimum Gasteiger partial charge on any atom is -0.356 e. The number of nitrogens with zero attached hydrogens (tertiary/aromatic N) is 2. The topological polar surface area (TPSA) is 75.4 Å². The number of benzene rings is 1. The van der Waals surface area contributed by atoms with Gasteiger partial charge in [-0.1, -0.05) is 17.3 Å². The molecule has 7 heteroatoms. The molecule has 0 radical (unpaired) electrons. The normalized spacial score (nSPS) is 17.2. The molecule has 1 N–H and O–H groups in total. The van der Waals surface area contributed by atoms with E-state index < -0.39 is 10.0 Å². The second kappa shape index (κ2) is 5.35. The summed E-state index contributed by atoms with van der Waals surface area (Å²) in [7, 11) is -3.51. The molecule has 0 atom stereocenters. The Morgan fingerprint density at radius 3 is 2.60 bits per heavy atom. The predicted octanol–water partition coefficient (Wildman–Crippen LogP) is 0.935. The van der Waals surface area contributed by atoms with Crippen molar-refractivity contribution in [2.45, 2.75) is 4.90 Å². The Labute approximate surface area is 117 Å². The first-order valence-corrected chi connectivity index (χ1v) is 7.84. The Hall–Kier alpha value is -1.70. The Bertz CT molecular complexity index is 677. The van der Waals surface area contributed by atoms with Crippen molar-refractivity contribution in [3.63, 3.8) is 0 Å². The van der Waals surface area contributed by atoms with Gasteiger partial charge in [0.2, 0.25) is 10.0 Å². The number of hydrogen-bond donors (Lipinski definition) is 1. The van der Waals surface area contributed by atoms with Gasteiger partial charge in [0.15, 0.2) is 5.76 Å². The van der Waals surface area contributed by atoms with E-state index in [1.807, 2.05) is 0 Å². The van der Waals surface area contributed by atoms with Gasteiger partial charge in [0.05, 0.1) is 11.1 Å². The second-order valence-electron chi connectivity index (χ2n) is 4.53. The van der Waals surface area contributed by atoms with Gasteiger partial charge in [-0.05, 0) is 12.1 Å². The average molecular weight is 293 g/mol. The first kappa shape index (κ1) is 13.3. The minimum atomic E-state index is -3.51. The highest BCUT2D eigenvalue weighted by molar-refractivity contribution is 7.89. The molecule has 1 aliphatic heterocycles. The Kier molecular flexibility index (Phi) is 3.56. The van der Waals surface area contributed by atoms with E-state index in [0.717, 1.165) is 0 Å². The molecule has 1 aromatic heterocycles. The van der Waals surface area contributed by atoms with Crippen molar-refractivity contribution in [3.05, 3.63) is 36.5 Å². The van der Waals surface area contributed by atoms with E-state index in [2.05, 4.69) is 10.5 Å². The van der Waals surface area contributed by atoms with Crippen LogP contribution in [-0.2, 0) is 10.0 Å². The van der Waals surface area contributed by atoms with Crippen LogP contribution in [0.25, 0.3) is 11.3 Å². The van der Waals surface area contributed by atoms with Gasteiger partial charge in [0.25, 0.3) is 0 Å². The van der Waals surface area contributed by atoms with E-state index >= 15 is 0 Å². The summed E-state index contributed by atoms with van der Waals surface area (Å²) in [5.74, 6) is 0.458. The van der Waals surface area contributed by atoms with Gasteiger partial charge in [0.1, 0.15) is 0 Å². The van der Waals surface area contributed by atoms with Crippen molar-refractivity contribution in [2.75, 3.05) is 26.2 Å². The third kappa shape index (κ3) is 2.35. The van der Waals surface area contributed by atoms with Gasteiger partial charge in [-0.25, -0.2) is 8.42 Å². The zero-order valence-electron chi connectivity index (χ0n) is 10.8. The largest absolute Gasteiger partial charge is 0.356 e. The summed E-state index contributed by atoms with van der Waals surface area (Å²) in [6, 6.07) is 8.50.